The molecule has 0 unspecified atom stereocenters. The van der Waals surface area contributed by atoms with Crippen LogP contribution in [-0.4, -0.2) is 37.6 Å². The van der Waals surface area contributed by atoms with Crippen LogP contribution in [0.3, 0.4) is 0 Å². The smallest absolute Gasteiger partial charge is 0.306 e. The molecule has 0 bridgehead atoms. The zero-order valence-electron chi connectivity index (χ0n) is 12.2. The molecule has 0 aliphatic carbocycles. The van der Waals surface area contributed by atoms with Crippen LogP contribution in [0, 0.1) is 0 Å². The SMILES string of the molecule is CCOC(=O)CCc1ccc(Cl)c2c1CCN(C)CC2. The van der Waals surface area contributed by atoms with Crippen molar-refractivity contribution in [3.05, 3.63) is 33.8 Å². The van der Waals surface area contributed by atoms with Crippen LogP contribution in [0.4, 0.5) is 0 Å². The number of aryl methyl sites for hydroxylation is 1. The van der Waals surface area contributed by atoms with Crippen LogP contribution < -0.4 is 0 Å². The van der Waals surface area contributed by atoms with Gasteiger partial charge in [0.05, 0.1) is 6.61 Å². The number of halogens is 1. The van der Waals surface area contributed by atoms with Crippen LogP contribution in [0.25, 0.3) is 0 Å². The molecule has 0 aromatic heterocycles. The zero-order valence-corrected chi connectivity index (χ0v) is 13.0. The lowest BCUT2D eigenvalue weighted by atomic mass is 9.94. The Bertz CT molecular complexity index is 488. The molecule has 3 nitrogen and oxygen atoms in total. The van der Waals surface area contributed by atoms with E-state index in [1.165, 1.54) is 16.7 Å². The highest BCUT2D eigenvalue weighted by Crippen LogP contribution is 2.27. The van der Waals surface area contributed by atoms with E-state index in [9.17, 15) is 4.79 Å². The van der Waals surface area contributed by atoms with E-state index in [2.05, 4.69) is 18.0 Å². The Labute approximate surface area is 125 Å². The Morgan fingerprint density at radius 1 is 1.30 bits per heavy atom. The predicted octanol–water partition coefficient (Wildman–Crippen LogP) is 2.87. The number of benzene rings is 1. The molecule has 0 atom stereocenters. The van der Waals surface area contributed by atoms with E-state index >= 15 is 0 Å². The number of nitrogens with zero attached hydrogens (tertiary/aromatic N) is 1. The molecule has 0 spiro atoms. The largest absolute Gasteiger partial charge is 0.466 e. The number of carbonyl (C=O) groups excluding carboxylic acids is 1. The number of carbonyl (C=O) groups is 1. The minimum absolute atomic E-state index is 0.123. The first kappa shape index (κ1) is 15.3. The lowest BCUT2D eigenvalue weighted by molar-refractivity contribution is -0.143. The summed E-state index contributed by atoms with van der Waals surface area (Å²) in [5.41, 5.74) is 3.84. The predicted molar refractivity (Wildman–Crippen MR) is 81.3 cm³/mol. The average molecular weight is 296 g/mol. The molecule has 1 aliphatic heterocycles. The topological polar surface area (TPSA) is 29.5 Å². The van der Waals surface area contributed by atoms with Crippen LogP contribution in [0.5, 0.6) is 0 Å². The number of likely N-dealkylation sites (N-methyl/N-ethyl adjacent to an activating group) is 1. The Kier molecular flexibility index (Phi) is 5.44. The molecular weight excluding hydrogens is 274 g/mol. The third kappa shape index (κ3) is 3.74. The van der Waals surface area contributed by atoms with Crippen molar-refractivity contribution < 1.29 is 9.53 Å². The highest BCUT2D eigenvalue weighted by molar-refractivity contribution is 6.31. The minimum atomic E-state index is -0.123. The van der Waals surface area contributed by atoms with Crippen molar-refractivity contribution in [3.8, 4) is 0 Å². The average Bonchev–Trinajstić information content (AvgIpc) is 2.62. The normalized spacial score (nSPS) is 15.6. The van der Waals surface area contributed by atoms with E-state index < -0.39 is 0 Å². The monoisotopic (exact) mass is 295 g/mol. The molecule has 0 fully saturated rings. The van der Waals surface area contributed by atoms with Crippen LogP contribution in [0.15, 0.2) is 12.1 Å². The van der Waals surface area contributed by atoms with Gasteiger partial charge < -0.3 is 9.64 Å². The van der Waals surface area contributed by atoms with Crippen molar-refractivity contribution in [2.45, 2.75) is 32.6 Å². The summed E-state index contributed by atoms with van der Waals surface area (Å²) in [6, 6.07) is 4.03. The van der Waals surface area contributed by atoms with Crippen LogP contribution in [0.2, 0.25) is 5.02 Å². The van der Waals surface area contributed by atoms with E-state index in [1.54, 1.807) is 0 Å². The Hall–Kier alpha value is -1.06. The second-order valence-electron chi connectivity index (χ2n) is 5.27. The van der Waals surface area contributed by atoms with Gasteiger partial charge in [0.1, 0.15) is 0 Å². The quantitative estimate of drug-likeness (QED) is 0.800. The fourth-order valence-electron chi connectivity index (χ4n) is 2.72. The number of hydrogen-bond donors (Lipinski definition) is 0. The third-order valence-corrected chi connectivity index (χ3v) is 4.22. The van der Waals surface area contributed by atoms with E-state index in [4.69, 9.17) is 16.3 Å². The number of esters is 1. The van der Waals surface area contributed by atoms with Crippen LogP contribution >= 0.6 is 11.6 Å². The summed E-state index contributed by atoms with van der Waals surface area (Å²) in [5.74, 6) is -0.123. The first-order valence-electron chi connectivity index (χ1n) is 7.25. The van der Waals surface area contributed by atoms with Gasteiger partial charge in [0, 0.05) is 24.5 Å². The number of fused-ring (bicyclic) bond motifs is 1. The van der Waals surface area contributed by atoms with Crippen LogP contribution in [-0.2, 0) is 28.8 Å². The maximum Gasteiger partial charge on any atom is 0.306 e. The summed E-state index contributed by atoms with van der Waals surface area (Å²) in [6.07, 6.45) is 3.17. The van der Waals surface area contributed by atoms with Crippen molar-refractivity contribution in [1.29, 1.82) is 0 Å². The molecule has 0 N–H and O–H groups in total. The molecule has 20 heavy (non-hydrogen) atoms. The van der Waals surface area contributed by atoms with Gasteiger partial charge in [-0.1, -0.05) is 17.7 Å². The zero-order chi connectivity index (χ0) is 14.5. The second kappa shape index (κ2) is 7.09. The summed E-state index contributed by atoms with van der Waals surface area (Å²) in [6.45, 7) is 4.36. The van der Waals surface area contributed by atoms with Gasteiger partial charge in [0.2, 0.25) is 0 Å². The molecule has 1 aromatic carbocycles. The molecule has 110 valence electrons. The van der Waals surface area contributed by atoms with Crippen molar-refractivity contribution in [2.24, 2.45) is 0 Å². The standard InChI is InChI=1S/C16H22ClNO2/c1-3-20-16(19)7-5-12-4-6-15(17)14-9-11-18(2)10-8-13(12)14/h4,6H,3,5,7-11H2,1-2H3. The molecule has 0 saturated carbocycles. The molecule has 2 rings (SSSR count). The van der Waals surface area contributed by atoms with Gasteiger partial charge in [0.15, 0.2) is 0 Å². The lowest BCUT2D eigenvalue weighted by Gasteiger charge is -2.13. The van der Waals surface area contributed by atoms with Gasteiger partial charge in [-0.3, -0.25) is 4.79 Å². The summed E-state index contributed by atoms with van der Waals surface area (Å²) in [5, 5.41) is 0.857. The van der Waals surface area contributed by atoms with Gasteiger partial charge in [-0.05, 0) is 56.0 Å². The first-order chi connectivity index (χ1) is 9.61. The number of rotatable bonds is 4. The highest BCUT2D eigenvalue weighted by Gasteiger charge is 2.17. The van der Waals surface area contributed by atoms with Gasteiger partial charge in [-0.15, -0.1) is 0 Å². The number of hydrogen-bond acceptors (Lipinski definition) is 3. The van der Waals surface area contributed by atoms with E-state index in [0.29, 0.717) is 13.0 Å². The lowest BCUT2D eigenvalue weighted by Crippen LogP contribution is -2.20. The van der Waals surface area contributed by atoms with Gasteiger partial charge in [-0.25, -0.2) is 0 Å². The molecule has 4 heteroatoms. The van der Waals surface area contributed by atoms with E-state index in [-0.39, 0.29) is 5.97 Å². The van der Waals surface area contributed by atoms with Crippen molar-refractivity contribution in [3.63, 3.8) is 0 Å². The summed E-state index contributed by atoms with van der Waals surface area (Å²) >= 11 is 6.34. The maximum atomic E-state index is 11.5. The van der Waals surface area contributed by atoms with E-state index in [1.807, 2.05) is 13.0 Å². The Balaban J connectivity index is 2.16. The van der Waals surface area contributed by atoms with E-state index in [0.717, 1.165) is 37.4 Å². The summed E-state index contributed by atoms with van der Waals surface area (Å²) < 4.78 is 5.00. The van der Waals surface area contributed by atoms with Gasteiger partial charge >= 0.3 is 5.97 Å². The van der Waals surface area contributed by atoms with Crippen molar-refractivity contribution in [2.75, 3.05) is 26.7 Å². The molecule has 1 heterocycles. The summed E-state index contributed by atoms with van der Waals surface area (Å²) in [4.78, 5) is 13.8. The third-order valence-electron chi connectivity index (χ3n) is 3.86. The molecule has 0 amide bonds. The fraction of sp³-hybridized carbons (Fsp3) is 0.562. The molecular formula is C16H22ClNO2. The maximum absolute atomic E-state index is 11.5. The van der Waals surface area contributed by atoms with Gasteiger partial charge in [0.25, 0.3) is 0 Å². The number of ether oxygens (including phenoxy) is 1. The van der Waals surface area contributed by atoms with Gasteiger partial charge in [-0.2, -0.15) is 0 Å². The molecule has 1 aromatic rings. The molecule has 0 radical (unpaired) electrons. The first-order valence-corrected chi connectivity index (χ1v) is 7.63. The molecule has 0 saturated heterocycles. The Morgan fingerprint density at radius 2 is 2.00 bits per heavy atom. The minimum Gasteiger partial charge on any atom is -0.466 e. The Morgan fingerprint density at radius 3 is 2.70 bits per heavy atom. The van der Waals surface area contributed by atoms with Crippen LogP contribution in [0.1, 0.15) is 30.0 Å². The fourth-order valence-corrected chi connectivity index (χ4v) is 2.99. The van der Waals surface area contributed by atoms with Crippen molar-refractivity contribution >= 4 is 17.6 Å². The van der Waals surface area contributed by atoms with Crippen molar-refractivity contribution in [1.82, 2.24) is 4.90 Å². The highest BCUT2D eigenvalue weighted by atomic mass is 35.5. The molecule has 1 aliphatic rings. The summed E-state index contributed by atoms with van der Waals surface area (Å²) in [7, 11) is 2.14. The second-order valence-corrected chi connectivity index (χ2v) is 5.68.